The van der Waals surface area contributed by atoms with Crippen LogP contribution in [-0.2, 0) is 0 Å². The number of hydrogen-bond donors (Lipinski definition) is 0. The highest BCUT2D eigenvalue weighted by molar-refractivity contribution is 5.44. The minimum atomic E-state index is 0.736. The van der Waals surface area contributed by atoms with Gasteiger partial charge in [0.2, 0.25) is 11.9 Å². The first kappa shape index (κ1) is 15.9. The van der Waals surface area contributed by atoms with Gasteiger partial charge in [0.05, 0.1) is 6.20 Å². The summed E-state index contributed by atoms with van der Waals surface area (Å²) in [6.45, 7) is 7.45. The van der Waals surface area contributed by atoms with E-state index in [1.165, 1.54) is 0 Å². The molecule has 9 nitrogen and oxygen atoms in total. The lowest BCUT2D eigenvalue weighted by Gasteiger charge is -2.36. The molecule has 0 bridgehead atoms. The van der Waals surface area contributed by atoms with E-state index in [1.807, 2.05) is 6.07 Å². The average molecular weight is 341 g/mol. The topological polar surface area (TPSA) is 77.4 Å². The van der Waals surface area contributed by atoms with Crippen molar-refractivity contribution in [1.82, 2.24) is 30.0 Å². The molecule has 0 aliphatic carbocycles. The lowest BCUT2D eigenvalue weighted by molar-refractivity contribution is 0.311. The summed E-state index contributed by atoms with van der Waals surface area (Å²) in [6, 6.07) is 1.84. The summed E-state index contributed by atoms with van der Waals surface area (Å²) < 4.78 is 0. The van der Waals surface area contributed by atoms with E-state index < -0.39 is 0 Å². The molecule has 132 valence electrons. The van der Waals surface area contributed by atoms with Gasteiger partial charge >= 0.3 is 0 Å². The second-order valence-corrected chi connectivity index (χ2v) is 6.43. The Morgan fingerprint density at radius 3 is 2.08 bits per heavy atom. The number of rotatable bonds is 3. The van der Waals surface area contributed by atoms with Crippen molar-refractivity contribution in [3.05, 3.63) is 24.7 Å². The molecule has 0 spiro atoms. The van der Waals surface area contributed by atoms with Gasteiger partial charge in [0.25, 0.3) is 0 Å². The predicted octanol–water partition coefficient (Wildman–Crippen LogP) is -0.260. The Balaban J connectivity index is 1.40. The van der Waals surface area contributed by atoms with Crippen LogP contribution < -0.4 is 14.7 Å². The summed E-state index contributed by atoms with van der Waals surface area (Å²) in [5, 5.41) is 8.42. The molecule has 0 unspecified atom stereocenters. The van der Waals surface area contributed by atoms with Crippen LogP contribution >= 0.6 is 0 Å². The van der Waals surface area contributed by atoms with Gasteiger partial charge in [-0.15, -0.1) is 5.10 Å². The van der Waals surface area contributed by atoms with Crippen LogP contribution in [0, 0.1) is 0 Å². The monoisotopic (exact) mass is 341 g/mol. The average Bonchev–Trinajstić information content (AvgIpc) is 2.69. The maximum atomic E-state index is 4.75. The van der Waals surface area contributed by atoms with E-state index in [9.17, 15) is 0 Å². The molecular weight excluding hydrogens is 318 g/mol. The van der Waals surface area contributed by atoms with Crippen molar-refractivity contribution >= 4 is 17.7 Å². The molecule has 2 saturated heterocycles. The van der Waals surface area contributed by atoms with Gasteiger partial charge in [0, 0.05) is 64.8 Å². The van der Waals surface area contributed by atoms with Gasteiger partial charge in [-0.05, 0) is 13.1 Å². The second-order valence-electron chi connectivity index (χ2n) is 6.43. The number of aromatic nitrogens is 5. The molecule has 2 aromatic rings. The summed E-state index contributed by atoms with van der Waals surface area (Å²) in [4.78, 5) is 22.4. The minimum absolute atomic E-state index is 0.736. The number of anilines is 3. The normalized spacial score (nSPS) is 19.3. The number of piperazine rings is 2. The van der Waals surface area contributed by atoms with Gasteiger partial charge in [0.1, 0.15) is 0 Å². The molecule has 0 saturated carbocycles. The SMILES string of the molecule is CN1CCN(c2nncc(N3CCN(c4ncccn4)CC3)n2)CC1. The highest BCUT2D eigenvalue weighted by atomic mass is 15.4. The van der Waals surface area contributed by atoms with Gasteiger partial charge in [-0.25, -0.2) is 9.97 Å². The number of likely N-dealkylation sites (N-methyl/N-ethyl adjacent to an activating group) is 1. The zero-order chi connectivity index (χ0) is 17.1. The van der Waals surface area contributed by atoms with Crippen LogP contribution in [0.5, 0.6) is 0 Å². The maximum Gasteiger partial charge on any atom is 0.247 e. The van der Waals surface area contributed by atoms with E-state index in [0.29, 0.717) is 0 Å². The van der Waals surface area contributed by atoms with Gasteiger partial charge in [-0.1, -0.05) is 0 Å². The highest BCUT2D eigenvalue weighted by Crippen LogP contribution is 2.18. The zero-order valence-corrected chi connectivity index (χ0v) is 14.5. The molecule has 4 heterocycles. The van der Waals surface area contributed by atoms with Crippen molar-refractivity contribution in [2.75, 3.05) is 74.1 Å². The Hall–Kier alpha value is -2.55. The van der Waals surface area contributed by atoms with E-state index in [0.717, 1.165) is 70.1 Å². The van der Waals surface area contributed by atoms with Crippen LogP contribution in [0.3, 0.4) is 0 Å². The zero-order valence-electron chi connectivity index (χ0n) is 14.5. The second kappa shape index (κ2) is 7.14. The third-order valence-corrected chi connectivity index (χ3v) is 4.76. The minimum Gasteiger partial charge on any atom is -0.352 e. The van der Waals surface area contributed by atoms with E-state index in [4.69, 9.17) is 4.98 Å². The summed E-state index contributed by atoms with van der Waals surface area (Å²) in [5.74, 6) is 2.43. The number of hydrogen-bond acceptors (Lipinski definition) is 9. The largest absolute Gasteiger partial charge is 0.352 e. The van der Waals surface area contributed by atoms with Gasteiger partial charge in [-0.3, -0.25) is 0 Å². The first-order valence-corrected chi connectivity index (χ1v) is 8.70. The lowest BCUT2D eigenvalue weighted by Crippen LogP contribution is -2.48. The van der Waals surface area contributed by atoms with Crippen LogP contribution in [0.1, 0.15) is 0 Å². The molecule has 2 aromatic heterocycles. The van der Waals surface area contributed by atoms with Gasteiger partial charge in [0.15, 0.2) is 5.82 Å². The Kier molecular flexibility index (Phi) is 4.55. The first-order chi connectivity index (χ1) is 12.3. The fraction of sp³-hybridized carbons (Fsp3) is 0.562. The molecule has 2 fully saturated rings. The molecule has 2 aliphatic rings. The summed E-state index contributed by atoms with van der Waals surface area (Å²) in [5.41, 5.74) is 0. The van der Waals surface area contributed by atoms with Gasteiger partial charge < -0.3 is 19.6 Å². The molecule has 2 aliphatic heterocycles. The van der Waals surface area contributed by atoms with Crippen LogP contribution in [0.4, 0.5) is 17.7 Å². The molecular formula is C16H23N9. The highest BCUT2D eigenvalue weighted by Gasteiger charge is 2.22. The summed E-state index contributed by atoms with van der Waals surface area (Å²) in [7, 11) is 2.14. The number of nitrogens with zero attached hydrogens (tertiary/aromatic N) is 9. The molecule has 25 heavy (non-hydrogen) atoms. The Bertz CT molecular complexity index is 679. The fourth-order valence-corrected chi connectivity index (χ4v) is 3.17. The van der Waals surface area contributed by atoms with Crippen molar-refractivity contribution in [2.24, 2.45) is 0 Å². The molecule has 0 amide bonds. The van der Waals surface area contributed by atoms with Crippen molar-refractivity contribution < 1.29 is 0 Å². The van der Waals surface area contributed by atoms with E-state index in [-0.39, 0.29) is 0 Å². The van der Waals surface area contributed by atoms with E-state index in [1.54, 1.807) is 18.6 Å². The van der Waals surface area contributed by atoms with Gasteiger partial charge in [-0.2, -0.15) is 10.1 Å². The molecule has 0 N–H and O–H groups in total. The predicted molar refractivity (Wildman–Crippen MR) is 96.0 cm³/mol. The Morgan fingerprint density at radius 1 is 0.760 bits per heavy atom. The third-order valence-electron chi connectivity index (χ3n) is 4.76. The van der Waals surface area contributed by atoms with Crippen molar-refractivity contribution in [3.63, 3.8) is 0 Å². The molecule has 0 atom stereocenters. The van der Waals surface area contributed by atoms with Crippen LogP contribution in [0.15, 0.2) is 24.7 Å². The first-order valence-electron chi connectivity index (χ1n) is 8.70. The van der Waals surface area contributed by atoms with Crippen molar-refractivity contribution in [2.45, 2.75) is 0 Å². The molecule has 0 aromatic carbocycles. The van der Waals surface area contributed by atoms with Crippen LogP contribution in [0.2, 0.25) is 0 Å². The Labute approximate surface area is 147 Å². The van der Waals surface area contributed by atoms with Crippen molar-refractivity contribution in [1.29, 1.82) is 0 Å². The molecule has 0 radical (unpaired) electrons. The molecule has 9 heteroatoms. The fourth-order valence-electron chi connectivity index (χ4n) is 3.17. The lowest BCUT2D eigenvalue weighted by atomic mass is 10.3. The summed E-state index contributed by atoms with van der Waals surface area (Å²) in [6.07, 6.45) is 5.32. The third kappa shape index (κ3) is 3.60. The molecule has 4 rings (SSSR count). The van der Waals surface area contributed by atoms with Crippen molar-refractivity contribution in [3.8, 4) is 0 Å². The standard InChI is InChI=1S/C16H23N9/c1-22-5-7-25(8-6-22)16-20-14(13-19-21-16)23-9-11-24(12-10-23)15-17-3-2-4-18-15/h2-4,13H,5-12H2,1H3. The van der Waals surface area contributed by atoms with E-state index in [2.05, 4.69) is 46.8 Å². The smallest absolute Gasteiger partial charge is 0.247 e. The summed E-state index contributed by atoms with van der Waals surface area (Å²) >= 11 is 0. The quantitative estimate of drug-likeness (QED) is 0.750. The van der Waals surface area contributed by atoms with E-state index >= 15 is 0 Å². The van der Waals surface area contributed by atoms with Crippen LogP contribution in [-0.4, -0.2) is 89.5 Å². The Morgan fingerprint density at radius 2 is 1.36 bits per heavy atom. The van der Waals surface area contributed by atoms with Crippen LogP contribution in [0.25, 0.3) is 0 Å². The maximum absolute atomic E-state index is 4.75.